The smallest absolute Gasteiger partial charge is 0.408 e. The minimum Gasteiger partial charge on any atom is -0.466 e. The molecule has 0 bridgehead atoms. The molecule has 1 aromatic rings. The van der Waals surface area contributed by atoms with Crippen molar-refractivity contribution in [3.63, 3.8) is 0 Å². The maximum Gasteiger partial charge on any atom is 0.408 e. The largest absolute Gasteiger partial charge is 0.466 e. The highest BCUT2D eigenvalue weighted by Gasteiger charge is 2.37. The number of esters is 1. The number of nitrogens with one attached hydrogen (secondary N) is 2. The van der Waals surface area contributed by atoms with Crippen LogP contribution in [0.15, 0.2) is 18.2 Å². The number of ether oxygens (including phenoxy) is 2. The molecule has 1 rings (SSSR count). The van der Waals surface area contributed by atoms with Crippen LogP contribution in [0.1, 0.15) is 90.5 Å². The first-order valence-corrected chi connectivity index (χ1v) is 13.5. The van der Waals surface area contributed by atoms with Crippen molar-refractivity contribution in [2.24, 2.45) is 5.92 Å². The van der Waals surface area contributed by atoms with Crippen LogP contribution in [0.3, 0.4) is 0 Å². The van der Waals surface area contributed by atoms with Gasteiger partial charge in [-0.3, -0.25) is 14.4 Å². The van der Waals surface area contributed by atoms with Crippen LogP contribution in [0.2, 0.25) is 0 Å². The SMILES string of the molecule is CCCCN(C(=O)C(NC(=O)OC(C)(C)C)C(C)C)C(C(=O)NCCC(=O)OCC)c1cc(C)cc(C)c1. The van der Waals surface area contributed by atoms with Gasteiger partial charge in [-0.25, -0.2) is 4.79 Å². The lowest BCUT2D eigenvalue weighted by Gasteiger charge is -2.36. The van der Waals surface area contributed by atoms with Gasteiger partial charge < -0.3 is 25.0 Å². The van der Waals surface area contributed by atoms with E-state index >= 15 is 0 Å². The molecule has 0 radical (unpaired) electrons. The molecule has 2 unspecified atom stereocenters. The first-order chi connectivity index (χ1) is 17.7. The molecule has 214 valence electrons. The summed E-state index contributed by atoms with van der Waals surface area (Å²) in [7, 11) is 0. The van der Waals surface area contributed by atoms with E-state index in [-0.39, 0.29) is 31.4 Å². The zero-order valence-electron chi connectivity index (χ0n) is 24.6. The Bertz CT molecular complexity index is 934. The Balaban J connectivity index is 3.44. The zero-order chi connectivity index (χ0) is 29.0. The number of carbonyl (C=O) groups excluding carboxylic acids is 4. The number of alkyl carbamates (subject to hydrolysis) is 1. The molecule has 1 aromatic carbocycles. The fourth-order valence-corrected chi connectivity index (χ4v) is 4.08. The van der Waals surface area contributed by atoms with Crippen molar-refractivity contribution in [2.75, 3.05) is 19.7 Å². The first kappa shape index (κ1) is 32.9. The molecular weight excluding hydrogens is 486 g/mol. The highest BCUT2D eigenvalue weighted by molar-refractivity contribution is 5.92. The van der Waals surface area contributed by atoms with E-state index in [2.05, 4.69) is 10.6 Å². The Labute approximate surface area is 228 Å². The number of aryl methyl sites for hydroxylation is 2. The Morgan fingerprint density at radius 3 is 2.11 bits per heavy atom. The van der Waals surface area contributed by atoms with Crippen LogP contribution in [0.4, 0.5) is 4.79 Å². The summed E-state index contributed by atoms with van der Waals surface area (Å²) in [6.45, 7) is 17.2. The molecule has 3 amide bonds. The highest BCUT2D eigenvalue weighted by Crippen LogP contribution is 2.26. The van der Waals surface area contributed by atoms with Gasteiger partial charge in [0.05, 0.1) is 13.0 Å². The summed E-state index contributed by atoms with van der Waals surface area (Å²) in [4.78, 5) is 53.7. The lowest BCUT2D eigenvalue weighted by atomic mass is 9.96. The summed E-state index contributed by atoms with van der Waals surface area (Å²) in [5.74, 6) is -1.44. The minimum absolute atomic E-state index is 0.0247. The summed E-state index contributed by atoms with van der Waals surface area (Å²) in [6.07, 6.45) is 0.804. The molecule has 0 aliphatic rings. The zero-order valence-corrected chi connectivity index (χ0v) is 24.6. The van der Waals surface area contributed by atoms with Gasteiger partial charge in [-0.05, 0) is 59.4 Å². The van der Waals surface area contributed by atoms with Crippen LogP contribution >= 0.6 is 0 Å². The van der Waals surface area contributed by atoms with Crippen LogP contribution in [-0.2, 0) is 23.9 Å². The molecule has 0 saturated carbocycles. The summed E-state index contributed by atoms with van der Waals surface area (Å²) >= 11 is 0. The molecule has 38 heavy (non-hydrogen) atoms. The number of nitrogens with zero attached hydrogens (tertiary/aromatic N) is 1. The van der Waals surface area contributed by atoms with Gasteiger partial charge in [0, 0.05) is 13.1 Å². The van der Waals surface area contributed by atoms with E-state index in [9.17, 15) is 19.2 Å². The molecular formula is C29H47N3O6. The van der Waals surface area contributed by atoms with Crippen molar-refractivity contribution >= 4 is 23.9 Å². The molecule has 0 fully saturated rings. The second-order valence-electron chi connectivity index (χ2n) is 10.9. The van der Waals surface area contributed by atoms with Crippen LogP contribution in [0.5, 0.6) is 0 Å². The molecule has 9 heteroatoms. The Morgan fingerprint density at radius 2 is 1.61 bits per heavy atom. The van der Waals surface area contributed by atoms with Gasteiger partial charge in [0.2, 0.25) is 11.8 Å². The lowest BCUT2D eigenvalue weighted by molar-refractivity contribution is -0.144. The summed E-state index contributed by atoms with van der Waals surface area (Å²) in [6, 6.07) is 3.93. The first-order valence-electron chi connectivity index (χ1n) is 13.5. The van der Waals surface area contributed by atoms with Gasteiger partial charge in [0.1, 0.15) is 17.7 Å². The third kappa shape index (κ3) is 11.1. The van der Waals surface area contributed by atoms with Crippen LogP contribution in [0.25, 0.3) is 0 Å². The normalized spacial score (nSPS) is 12.9. The van der Waals surface area contributed by atoms with Crippen molar-refractivity contribution in [3.8, 4) is 0 Å². The quantitative estimate of drug-likeness (QED) is 0.359. The number of rotatable bonds is 13. The molecule has 0 heterocycles. The predicted molar refractivity (Wildman–Crippen MR) is 148 cm³/mol. The van der Waals surface area contributed by atoms with Crippen molar-refractivity contribution in [1.29, 1.82) is 0 Å². The molecule has 0 aliphatic carbocycles. The van der Waals surface area contributed by atoms with Gasteiger partial charge in [-0.15, -0.1) is 0 Å². The van der Waals surface area contributed by atoms with Crippen molar-refractivity contribution in [2.45, 2.75) is 99.3 Å². The van der Waals surface area contributed by atoms with E-state index in [1.54, 1.807) is 32.6 Å². The molecule has 2 N–H and O–H groups in total. The number of unbranched alkanes of at least 4 members (excludes halogenated alkanes) is 1. The van der Waals surface area contributed by atoms with E-state index in [0.29, 0.717) is 18.5 Å². The summed E-state index contributed by atoms with van der Waals surface area (Å²) < 4.78 is 10.4. The Morgan fingerprint density at radius 1 is 1.00 bits per heavy atom. The molecule has 0 aromatic heterocycles. The van der Waals surface area contributed by atoms with E-state index < -0.39 is 35.7 Å². The predicted octanol–water partition coefficient (Wildman–Crippen LogP) is 4.59. The number of hydrogen-bond donors (Lipinski definition) is 2. The Kier molecular flexibility index (Phi) is 13.3. The fourth-order valence-electron chi connectivity index (χ4n) is 4.08. The number of carbonyl (C=O) groups is 4. The molecule has 0 spiro atoms. The van der Waals surface area contributed by atoms with Gasteiger partial charge in [-0.2, -0.15) is 0 Å². The molecule has 0 saturated heterocycles. The second kappa shape index (κ2) is 15.3. The van der Waals surface area contributed by atoms with Gasteiger partial charge in [0.15, 0.2) is 0 Å². The fraction of sp³-hybridized carbons (Fsp3) is 0.655. The Hall–Kier alpha value is -3.10. The molecule has 2 atom stereocenters. The van der Waals surface area contributed by atoms with Gasteiger partial charge >= 0.3 is 12.1 Å². The number of benzene rings is 1. The third-order valence-electron chi connectivity index (χ3n) is 5.69. The van der Waals surface area contributed by atoms with E-state index in [4.69, 9.17) is 9.47 Å². The van der Waals surface area contributed by atoms with Crippen LogP contribution < -0.4 is 10.6 Å². The molecule has 9 nitrogen and oxygen atoms in total. The molecule has 0 aliphatic heterocycles. The number of hydrogen-bond acceptors (Lipinski definition) is 6. The van der Waals surface area contributed by atoms with Crippen molar-refractivity contribution < 1.29 is 28.7 Å². The minimum atomic E-state index is -0.948. The summed E-state index contributed by atoms with van der Waals surface area (Å²) in [5.41, 5.74) is 1.86. The van der Waals surface area contributed by atoms with E-state index in [1.807, 2.05) is 52.8 Å². The maximum absolute atomic E-state index is 14.0. The van der Waals surface area contributed by atoms with Crippen LogP contribution in [-0.4, -0.2) is 60.1 Å². The lowest BCUT2D eigenvalue weighted by Crippen LogP contribution is -2.55. The van der Waals surface area contributed by atoms with Crippen LogP contribution in [0, 0.1) is 19.8 Å². The maximum atomic E-state index is 14.0. The standard InChI is InChI=1S/C29H47N3O6/c1-10-12-15-32(27(35)24(19(3)4)31-28(36)38-29(7,8)9)25(22-17-20(5)16-21(6)18-22)26(34)30-14-13-23(33)37-11-2/h16-19,24-25H,10-15H2,1-9H3,(H,30,34)(H,31,36). The topological polar surface area (TPSA) is 114 Å². The van der Waals surface area contributed by atoms with E-state index in [0.717, 1.165) is 17.5 Å². The highest BCUT2D eigenvalue weighted by atomic mass is 16.6. The van der Waals surface area contributed by atoms with Gasteiger partial charge in [-0.1, -0.05) is 56.5 Å². The third-order valence-corrected chi connectivity index (χ3v) is 5.69. The number of amides is 3. The van der Waals surface area contributed by atoms with Crippen molar-refractivity contribution in [3.05, 3.63) is 34.9 Å². The monoisotopic (exact) mass is 533 g/mol. The second-order valence-corrected chi connectivity index (χ2v) is 10.9. The average molecular weight is 534 g/mol. The van der Waals surface area contributed by atoms with E-state index in [1.165, 1.54) is 0 Å². The average Bonchev–Trinajstić information content (AvgIpc) is 2.77. The van der Waals surface area contributed by atoms with Gasteiger partial charge in [0.25, 0.3) is 0 Å². The summed E-state index contributed by atoms with van der Waals surface area (Å²) in [5, 5.41) is 5.54. The van der Waals surface area contributed by atoms with Crippen molar-refractivity contribution in [1.82, 2.24) is 15.5 Å².